The average Bonchev–Trinajstić information content (AvgIpc) is 2.89. The van der Waals surface area contributed by atoms with Crippen LogP contribution in [0.1, 0.15) is 25.7 Å². The number of para-hydroxylation sites is 1. The Morgan fingerprint density at radius 3 is 2.23 bits per heavy atom. The van der Waals surface area contributed by atoms with Crippen molar-refractivity contribution in [3.63, 3.8) is 0 Å². The Balaban J connectivity index is 1.52. The number of benzene rings is 1. The van der Waals surface area contributed by atoms with Gasteiger partial charge in [0.15, 0.2) is 6.61 Å². The van der Waals surface area contributed by atoms with Gasteiger partial charge in [-0.05, 0) is 49.9 Å². The van der Waals surface area contributed by atoms with Crippen LogP contribution < -0.4 is 20.1 Å². The number of carbonyl (C=O) groups is 2. The molecule has 0 unspecified atom stereocenters. The van der Waals surface area contributed by atoms with Crippen molar-refractivity contribution in [2.75, 3.05) is 18.6 Å². The summed E-state index contributed by atoms with van der Waals surface area (Å²) in [6.07, 6.45) is 6.47. The molecule has 0 atom stereocenters. The largest absolute Gasteiger partial charge is 0.484 e. The molecular formula is C25H27N5O5. The standard InChI is InChI=1S/C25H27N5O5/c1-33-25-28-14-18(15-29-25)17-7-12-22(27-13-17)30(19-8-10-21(11-9-19)35-24(26)32)23(31)16-34-20-5-3-2-4-6-20/h2-7,12-15,19,21H,8-11,16H2,1H3,(H2,26,32)/t19-,21-. The molecule has 182 valence electrons. The summed E-state index contributed by atoms with van der Waals surface area (Å²) in [7, 11) is 1.51. The summed E-state index contributed by atoms with van der Waals surface area (Å²) in [5.41, 5.74) is 6.75. The zero-order valence-electron chi connectivity index (χ0n) is 19.4. The second-order valence-corrected chi connectivity index (χ2v) is 8.10. The highest BCUT2D eigenvalue weighted by Gasteiger charge is 2.32. The van der Waals surface area contributed by atoms with Gasteiger partial charge in [0.05, 0.1) is 7.11 Å². The molecule has 4 rings (SSSR count). The summed E-state index contributed by atoms with van der Waals surface area (Å²) < 4.78 is 15.9. The topological polar surface area (TPSA) is 130 Å². The first-order chi connectivity index (χ1) is 17.0. The molecule has 1 saturated carbocycles. The Bertz CT molecular complexity index is 1120. The summed E-state index contributed by atoms with van der Waals surface area (Å²) in [6, 6.07) is 13.0. The van der Waals surface area contributed by atoms with Crippen molar-refractivity contribution in [3.8, 4) is 22.9 Å². The van der Waals surface area contributed by atoms with Crippen LogP contribution in [0.4, 0.5) is 10.6 Å². The maximum Gasteiger partial charge on any atom is 0.404 e. The Labute approximate surface area is 203 Å². The van der Waals surface area contributed by atoms with Gasteiger partial charge in [0, 0.05) is 35.8 Å². The minimum atomic E-state index is -0.780. The summed E-state index contributed by atoms with van der Waals surface area (Å²) in [5, 5.41) is 0. The van der Waals surface area contributed by atoms with Crippen molar-refractivity contribution in [2.24, 2.45) is 5.73 Å². The van der Waals surface area contributed by atoms with Crippen LogP contribution in [0.25, 0.3) is 11.1 Å². The van der Waals surface area contributed by atoms with Crippen LogP contribution in [0.5, 0.6) is 11.8 Å². The Kier molecular flexibility index (Phi) is 7.71. The number of pyridine rings is 1. The van der Waals surface area contributed by atoms with Crippen LogP contribution in [-0.2, 0) is 9.53 Å². The van der Waals surface area contributed by atoms with Crippen molar-refractivity contribution in [1.82, 2.24) is 15.0 Å². The quantitative estimate of drug-likeness (QED) is 0.523. The molecule has 2 aromatic heterocycles. The summed E-state index contributed by atoms with van der Waals surface area (Å²) in [5.74, 6) is 0.924. The molecule has 1 fully saturated rings. The van der Waals surface area contributed by atoms with Gasteiger partial charge in [0.25, 0.3) is 5.91 Å². The predicted molar refractivity (Wildman–Crippen MR) is 128 cm³/mol. The maximum absolute atomic E-state index is 13.3. The second-order valence-electron chi connectivity index (χ2n) is 8.10. The van der Waals surface area contributed by atoms with E-state index in [0.717, 1.165) is 11.1 Å². The Morgan fingerprint density at radius 2 is 1.63 bits per heavy atom. The fraction of sp³-hybridized carbons (Fsp3) is 0.320. The normalized spacial score (nSPS) is 17.3. The van der Waals surface area contributed by atoms with Crippen molar-refractivity contribution in [3.05, 3.63) is 61.1 Å². The molecule has 2 heterocycles. The molecule has 1 aromatic carbocycles. The molecule has 10 heteroatoms. The van der Waals surface area contributed by atoms with Gasteiger partial charge in [0.2, 0.25) is 0 Å². The van der Waals surface area contributed by atoms with Gasteiger partial charge in [-0.15, -0.1) is 0 Å². The monoisotopic (exact) mass is 477 g/mol. The van der Waals surface area contributed by atoms with E-state index in [9.17, 15) is 9.59 Å². The van der Waals surface area contributed by atoms with Crippen LogP contribution in [-0.4, -0.2) is 52.8 Å². The highest BCUT2D eigenvalue weighted by atomic mass is 16.6. The van der Waals surface area contributed by atoms with E-state index in [-0.39, 0.29) is 30.7 Å². The van der Waals surface area contributed by atoms with E-state index in [1.807, 2.05) is 24.3 Å². The summed E-state index contributed by atoms with van der Waals surface area (Å²) in [4.78, 5) is 38.9. The number of nitrogens with zero attached hydrogens (tertiary/aromatic N) is 4. The minimum absolute atomic E-state index is 0.114. The molecule has 10 nitrogen and oxygen atoms in total. The van der Waals surface area contributed by atoms with Crippen LogP contribution in [0.15, 0.2) is 61.1 Å². The van der Waals surface area contributed by atoms with E-state index in [0.29, 0.717) is 37.3 Å². The molecule has 0 radical (unpaired) electrons. The lowest BCUT2D eigenvalue weighted by molar-refractivity contribution is -0.121. The van der Waals surface area contributed by atoms with Crippen LogP contribution in [0.3, 0.4) is 0 Å². The number of rotatable bonds is 8. The molecule has 1 aliphatic carbocycles. The van der Waals surface area contributed by atoms with E-state index in [1.165, 1.54) is 7.11 Å². The number of anilines is 1. The van der Waals surface area contributed by atoms with Gasteiger partial charge >= 0.3 is 12.1 Å². The van der Waals surface area contributed by atoms with Gasteiger partial charge in [0.1, 0.15) is 17.7 Å². The van der Waals surface area contributed by atoms with E-state index < -0.39 is 6.09 Å². The number of methoxy groups -OCH3 is 1. The van der Waals surface area contributed by atoms with Crippen LogP contribution in [0, 0.1) is 0 Å². The van der Waals surface area contributed by atoms with E-state index in [1.54, 1.807) is 41.7 Å². The lowest BCUT2D eigenvalue weighted by atomic mass is 9.91. The van der Waals surface area contributed by atoms with Crippen LogP contribution >= 0.6 is 0 Å². The Hall–Kier alpha value is -4.21. The zero-order valence-corrected chi connectivity index (χ0v) is 19.4. The molecule has 0 bridgehead atoms. The second kappa shape index (κ2) is 11.3. The van der Waals surface area contributed by atoms with Gasteiger partial charge < -0.3 is 19.9 Å². The molecule has 2 N–H and O–H groups in total. The number of hydrogen-bond donors (Lipinski definition) is 1. The first-order valence-electron chi connectivity index (χ1n) is 11.3. The molecule has 1 aliphatic rings. The van der Waals surface area contributed by atoms with Gasteiger partial charge in [-0.3, -0.25) is 9.69 Å². The number of ether oxygens (including phenoxy) is 3. The third kappa shape index (κ3) is 6.23. The average molecular weight is 478 g/mol. The molecular weight excluding hydrogens is 450 g/mol. The molecule has 3 aromatic rings. The maximum atomic E-state index is 13.3. The van der Waals surface area contributed by atoms with Gasteiger partial charge in [-0.1, -0.05) is 18.2 Å². The molecule has 0 saturated heterocycles. The number of nitrogens with two attached hydrogens (primary N) is 1. The molecule has 35 heavy (non-hydrogen) atoms. The Morgan fingerprint density at radius 1 is 0.943 bits per heavy atom. The zero-order chi connectivity index (χ0) is 24.6. The van der Waals surface area contributed by atoms with Crippen molar-refractivity contribution in [2.45, 2.75) is 37.8 Å². The fourth-order valence-corrected chi connectivity index (χ4v) is 4.11. The SMILES string of the molecule is COc1ncc(-c2ccc(N(C(=O)COc3ccccc3)[C@H]3CC[C@H](OC(N)=O)CC3)nc2)cn1. The van der Waals surface area contributed by atoms with Crippen LogP contribution in [0.2, 0.25) is 0 Å². The van der Waals surface area contributed by atoms with E-state index in [2.05, 4.69) is 15.0 Å². The summed E-state index contributed by atoms with van der Waals surface area (Å²) in [6.45, 7) is -0.128. The first kappa shape index (κ1) is 23.9. The number of hydrogen-bond acceptors (Lipinski definition) is 8. The van der Waals surface area contributed by atoms with E-state index in [4.69, 9.17) is 19.9 Å². The first-order valence-corrected chi connectivity index (χ1v) is 11.3. The van der Waals surface area contributed by atoms with Gasteiger partial charge in [-0.25, -0.2) is 19.7 Å². The fourth-order valence-electron chi connectivity index (χ4n) is 4.11. The minimum Gasteiger partial charge on any atom is -0.484 e. The lowest BCUT2D eigenvalue weighted by Gasteiger charge is -2.36. The lowest BCUT2D eigenvalue weighted by Crippen LogP contribution is -2.46. The highest BCUT2D eigenvalue weighted by Crippen LogP contribution is 2.29. The number of amides is 2. The number of aromatic nitrogens is 3. The third-order valence-electron chi connectivity index (χ3n) is 5.80. The number of primary amides is 1. The van der Waals surface area contributed by atoms with Crippen molar-refractivity contribution >= 4 is 17.8 Å². The van der Waals surface area contributed by atoms with E-state index >= 15 is 0 Å². The molecule has 0 aliphatic heterocycles. The summed E-state index contributed by atoms with van der Waals surface area (Å²) >= 11 is 0. The molecule has 2 amide bonds. The third-order valence-corrected chi connectivity index (χ3v) is 5.80. The number of carbonyl (C=O) groups excluding carboxylic acids is 2. The van der Waals surface area contributed by atoms with Crippen molar-refractivity contribution in [1.29, 1.82) is 0 Å². The van der Waals surface area contributed by atoms with Gasteiger partial charge in [-0.2, -0.15) is 0 Å². The molecule has 0 spiro atoms. The highest BCUT2D eigenvalue weighted by molar-refractivity contribution is 5.94. The van der Waals surface area contributed by atoms with Crippen molar-refractivity contribution < 1.29 is 23.8 Å². The smallest absolute Gasteiger partial charge is 0.404 e. The predicted octanol–water partition coefficient (Wildman–Crippen LogP) is 3.37.